The van der Waals surface area contributed by atoms with Gasteiger partial charge in [0.25, 0.3) is 5.91 Å². The van der Waals surface area contributed by atoms with E-state index in [1.165, 1.54) is 6.92 Å². The summed E-state index contributed by atoms with van der Waals surface area (Å²) in [5.41, 5.74) is 0.257. The molecule has 0 unspecified atom stereocenters. The Morgan fingerprint density at radius 3 is 2.15 bits per heavy atom. The van der Waals surface area contributed by atoms with Gasteiger partial charge in [-0.05, 0) is 52.2 Å². The number of likely N-dealkylation sites (tertiary alicyclic amines) is 1. The molecule has 6 nitrogen and oxygen atoms in total. The molecule has 0 radical (unpaired) electrons. The van der Waals surface area contributed by atoms with Crippen molar-refractivity contribution in [3.63, 3.8) is 0 Å². The van der Waals surface area contributed by atoms with Crippen molar-refractivity contribution in [3.8, 4) is 5.75 Å². The zero-order valence-corrected chi connectivity index (χ0v) is 16.9. The summed E-state index contributed by atoms with van der Waals surface area (Å²) in [5, 5.41) is 9.41. The zero-order valence-electron chi connectivity index (χ0n) is 16.9. The summed E-state index contributed by atoms with van der Waals surface area (Å²) >= 11 is 0. The molecule has 1 aromatic rings. The SMILES string of the molecule is C[C@H](O)C(=O)N1CCC(Oc2ccc(B3OC(C)(C)C(C)(C)O3)cc2)CC1. The van der Waals surface area contributed by atoms with Crippen LogP contribution in [0, 0.1) is 0 Å². The Labute approximate surface area is 161 Å². The quantitative estimate of drug-likeness (QED) is 0.812. The highest BCUT2D eigenvalue weighted by atomic mass is 16.7. The first kappa shape index (κ1) is 20.2. The van der Waals surface area contributed by atoms with Gasteiger partial charge >= 0.3 is 7.12 Å². The molecular formula is C20H30BNO5. The molecule has 3 rings (SSSR count). The lowest BCUT2D eigenvalue weighted by Crippen LogP contribution is -2.45. The maximum absolute atomic E-state index is 11.8. The van der Waals surface area contributed by atoms with Crippen LogP contribution in [-0.4, -0.2) is 59.5 Å². The normalized spacial score (nSPS) is 23.3. The van der Waals surface area contributed by atoms with Crippen LogP contribution in [0.5, 0.6) is 5.75 Å². The van der Waals surface area contributed by atoms with E-state index in [0.29, 0.717) is 13.1 Å². The molecular weight excluding hydrogens is 345 g/mol. The monoisotopic (exact) mass is 375 g/mol. The summed E-state index contributed by atoms with van der Waals surface area (Å²) in [6.07, 6.45) is 0.658. The van der Waals surface area contributed by atoms with Gasteiger partial charge in [0.1, 0.15) is 18.0 Å². The minimum atomic E-state index is -0.940. The van der Waals surface area contributed by atoms with Gasteiger partial charge in [0.05, 0.1) is 11.2 Å². The summed E-state index contributed by atoms with van der Waals surface area (Å²) in [6, 6.07) is 7.83. The van der Waals surface area contributed by atoms with E-state index in [1.807, 2.05) is 52.0 Å². The van der Waals surface area contributed by atoms with Crippen molar-refractivity contribution in [1.29, 1.82) is 0 Å². The molecule has 0 spiro atoms. The van der Waals surface area contributed by atoms with Gasteiger partial charge in [0.2, 0.25) is 0 Å². The van der Waals surface area contributed by atoms with Crippen molar-refractivity contribution < 1.29 is 23.9 Å². The van der Waals surface area contributed by atoms with Gasteiger partial charge in [-0.3, -0.25) is 4.79 Å². The van der Waals surface area contributed by atoms with E-state index in [0.717, 1.165) is 24.1 Å². The van der Waals surface area contributed by atoms with Gasteiger partial charge in [-0.2, -0.15) is 0 Å². The van der Waals surface area contributed by atoms with E-state index in [9.17, 15) is 9.90 Å². The first-order valence-corrected chi connectivity index (χ1v) is 9.68. The minimum Gasteiger partial charge on any atom is -0.490 e. The Kier molecular flexibility index (Phi) is 5.57. The van der Waals surface area contributed by atoms with Crippen LogP contribution in [0.25, 0.3) is 0 Å². The summed E-state index contributed by atoms with van der Waals surface area (Å²) in [6.45, 7) is 10.9. The molecule has 148 valence electrons. The fourth-order valence-electron chi connectivity index (χ4n) is 3.33. The van der Waals surface area contributed by atoms with Crippen molar-refractivity contribution in [2.24, 2.45) is 0 Å². The first-order valence-electron chi connectivity index (χ1n) is 9.68. The molecule has 2 fully saturated rings. The van der Waals surface area contributed by atoms with E-state index in [2.05, 4.69) is 0 Å². The molecule has 2 saturated heterocycles. The molecule has 2 aliphatic heterocycles. The Hall–Kier alpha value is -1.57. The lowest BCUT2D eigenvalue weighted by molar-refractivity contribution is -0.141. The molecule has 0 aliphatic carbocycles. The summed E-state index contributed by atoms with van der Waals surface area (Å²) in [4.78, 5) is 13.5. The Balaban J connectivity index is 1.54. The van der Waals surface area contributed by atoms with E-state index in [4.69, 9.17) is 14.0 Å². The van der Waals surface area contributed by atoms with Crippen LogP contribution in [0.3, 0.4) is 0 Å². The van der Waals surface area contributed by atoms with E-state index >= 15 is 0 Å². The predicted molar refractivity (Wildman–Crippen MR) is 104 cm³/mol. The number of carbonyl (C=O) groups is 1. The highest BCUT2D eigenvalue weighted by molar-refractivity contribution is 6.62. The van der Waals surface area contributed by atoms with Crippen LogP contribution < -0.4 is 10.2 Å². The third-order valence-corrected chi connectivity index (χ3v) is 5.82. The van der Waals surface area contributed by atoms with Gasteiger partial charge in [-0.1, -0.05) is 12.1 Å². The number of hydrogen-bond acceptors (Lipinski definition) is 5. The maximum atomic E-state index is 11.8. The number of carbonyl (C=O) groups excluding carboxylic acids is 1. The highest BCUT2D eigenvalue weighted by Crippen LogP contribution is 2.36. The van der Waals surface area contributed by atoms with Crippen molar-refractivity contribution in [3.05, 3.63) is 24.3 Å². The summed E-state index contributed by atoms with van der Waals surface area (Å²) < 4.78 is 18.2. The van der Waals surface area contributed by atoms with Crippen LogP contribution in [-0.2, 0) is 14.1 Å². The Morgan fingerprint density at radius 1 is 1.15 bits per heavy atom. The van der Waals surface area contributed by atoms with Crippen LogP contribution in [0.4, 0.5) is 0 Å². The van der Waals surface area contributed by atoms with Crippen LogP contribution in [0.1, 0.15) is 47.5 Å². The number of aliphatic hydroxyl groups excluding tert-OH is 1. The topological polar surface area (TPSA) is 68.2 Å². The molecule has 0 bridgehead atoms. The number of benzene rings is 1. The van der Waals surface area contributed by atoms with Crippen LogP contribution in [0.2, 0.25) is 0 Å². The first-order chi connectivity index (χ1) is 12.6. The lowest BCUT2D eigenvalue weighted by Gasteiger charge is -2.32. The number of rotatable bonds is 4. The summed E-state index contributed by atoms with van der Waals surface area (Å²) in [5.74, 6) is 0.593. The molecule has 0 aromatic heterocycles. The minimum absolute atomic E-state index is 0.0748. The fourth-order valence-corrected chi connectivity index (χ4v) is 3.33. The molecule has 1 aromatic carbocycles. The molecule has 1 amide bonds. The molecule has 0 saturated carbocycles. The van der Waals surface area contributed by atoms with Crippen molar-refractivity contribution in [2.45, 2.75) is 70.9 Å². The number of amides is 1. The lowest BCUT2D eigenvalue weighted by atomic mass is 9.79. The Morgan fingerprint density at radius 2 is 1.67 bits per heavy atom. The average Bonchev–Trinajstić information content (AvgIpc) is 2.83. The second-order valence-electron chi connectivity index (χ2n) is 8.48. The third-order valence-electron chi connectivity index (χ3n) is 5.82. The predicted octanol–water partition coefficient (Wildman–Crippen LogP) is 1.74. The van der Waals surface area contributed by atoms with Crippen LogP contribution in [0.15, 0.2) is 24.3 Å². The van der Waals surface area contributed by atoms with Crippen LogP contribution >= 0.6 is 0 Å². The van der Waals surface area contributed by atoms with Gasteiger partial charge in [0.15, 0.2) is 0 Å². The molecule has 1 atom stereocenters. The largest absolute Gasteiger partial charge is 0.494 e. The number of piperidine rings is 1. The molecule has 7 heteroatoms. The van der Waals surface area contributed by atoms with Gasteiger partial charge in [-0.15, -0.1) is 0 Å². The molecule has 2 heterocycles. The second-order valence-corrected chi connectivity index (χ2v) is 8.48. The fraction of sp³-hybridized carbons (Fsp3) is 0.650. The van der Waals surface area contributed by atoms with Gasteiger partial charge < -0.3 is 24.1 Å². The van der Waals surface area contributed by atoms with Gasteiger partial charge in [-0.25, -0.2) is 0 Å². The van der Waals surface area contributed by atoms with E-state index < -0.39 is 6.10 Å². The second kappa shape index (κ2) is 7.45. The highest BCUT2D eigenvalue weighted by Gasteiger charge is 2.51. The number of hydrogen-bond donors (Lipinski definition) is 1. The van der Waals surface area contributed by atoms with Crippen molar-refractivity contribution >= 4 is 18.5 Å². The molecule has 2 aliphatic rings. The number of aliphatic hydroxyl groups is 1. The number of ether oxygens (including phenoxy) is 1. The molecule has 27 heavy (non-hydrogen) atoms. The molecule has 1 N–H and O–H groups in total. The van der Waals surface area contributed by atoms with Crippen molar-refractivity contribution in [2.75, 3.05) is 13.1 Å². The Bertz CT molecular complexity index is 649. The van der Waals surface area contributed by atoms with E-state index in [-0.39, 0.29) is 30.3 Å². The smallest absolute Gasteiger partial charge is 0.490 e. The van der Waals surface area contributed by atoms with E-state index in [1.54, 1.807) is 4.90 Å². The zero-order chi connectivity index (χ0) is 19.8. The summed E-state index contributed by atoms with van der Waals surface area (Å²) in [7, 11) is -0.376. The third kappa shape index (κ3) is 4.31. The maximum Gasteiger partial charge on any atom is 0.494 e. The van der Waals surface area contributed by atoms with Crippen molar-refractivity contribution in [1.82, 2.24) is 4.90 Å². The average molecular weight is 375 g/mol. The standard InChI is InChI=1S/C20H30BNO5/c1-14(23)18(24)22-12-10-17(11-13-22)25-16-8-6-15(7-9-16)21-26-19(2,3)20(4,5)27-21/h6-9,14,17,23H,10-13H2,1-5H3/t14-/m0/s1. The number of nitrogens with zero attached hydrogens (tertiary/aromatic N) is 1. The van der Waals surface area contributed by atoms with Gasteiger partial charge in [0, 0.05) is 25.9 Å².